The molecule has 2 N–H and O–H groups in total. The maximum absolute atomic E-state index is 12.5. The van der Waals surface area contributed by atoms with Gasteiger partial charge in [-0.05, 0) is 37.5 Å². The van der Waals surface area contributed by atoms with Crippen LogP contribution in [0.3, 0.4) is 0 Å². The number of carbonyl (C=O) groups excluding carboxylic acids is 1. The summed E-state index contributed by atoms with van der Waals surface area (Å²) in [4.78, 5) is 13.7. The van der Waals surface area contributed by atoms with Gasteiger partial charge in [0.25, 0.3) is 0 Å². The van der Waals surface area contributed by atoms with E-state index in [9.17, 15) is 23.1 Å². The lowest BCUT2D eigenvalue weighted by atomic mass is 10.0. The normalized spacial score (nSPS) is 22.0. The van der Waals surface area contributed by atoms with Crippen LogP contribution in [0.1, 0.15) is 30.9 Å². The van der Waals surface area contributed by atoms with E-state index in [1.165, 1.54) is 12.1 Å². The number of aliphatic hydroxyl groups excluding tert-OH is 1. The number of halogens is 3. The van der Waals surface area contributed by atoms with E-state index in [0.29, 0.717) is 12.1 Å². The molecule has 0 bridgehead atoms. The smallest absolute Gasteiger partial charge is 0.394 e. The first-order valence-electron chi connectivity index (χ1n) is 7.09. The zero-order valence-electron chi connectivity index (χ0n) is 12.3. The number of aliphatic hydroxyl groups is 1. The molecule has 1 atom stereocenters. The van der Waals surface area contributed by atoms with Gasteiger partial charge < -0.3 is 15.3 Å². The summed E-state index contributed by atoms with van der Waals surface area (Å²) in [5.41, 5.74) is -0.689. The highest BCUT2D eigenvalue weighted by Gasteiger charge is 2.39. The fourth-order valence-corrected chi connectivity index (χ4v) is 2.62. The molecule has 1 heterocycles. The molecule has 1 unspecified atom stereocenters. The average molecular weight is 316 g/mol. The van der Waals surface area contributed by atoms with E-state index in [1.54, 1.807) is 4.90 Å². The molecule has 22 heavy (non-hydrogen) atoms. The van der Waals surface area contributed by atoms with Gasteiger partial charge in [0.2, 0.25) is 0 Å². The summed E-state index contributed by atoms with van der Waals surface area (Å²) < 4.78 is 37.4. The first-order chi connectivity index (χ1) is 10.3. The van der Waals surface area contributed by atoms with Crippen LogP contribution in [0, 0.1) is 0 Å². The Kier molecular flexibility index (Phi) is 4.65. The Morgan fingerprint density at radius 1 is 1.36 bits per heavy atom. The molecule has 1 aromatic carbocycles. The minimum absolute atomic E-state index is 0.110. The third-order valence-corrected chi connectivity index (χ3v) is 4.06. The van der Waals surface area contributed by atoms with Crippen molar-refractivity contribution in [2.45, 2.75) is 38.0 Å². The Labute approximate surface area is 126 Å². The fraction of sp³-hybridized carbons (Fsp3) is 0.533. The highest BCUT2D eigenvalue weighted by Crippen LogP contribution is 2.29. The summed E-state index contributed by atoms with van der Waals surface area (Å²) in [5.74, 6) is 0. The molecule has 122 valence electrons. The van der Waals surface area contributed by atoms with Crippen molar-refractivity contribution in [1.82, 2.24) is 10.2 Å². The SMILES string of the molecule is CC1(CO)CCCN1C(=O)NCc1ccc(C(F)(F)F)cc1. The number of likely N-dealkylation sites (tertiary alicyclic amines) is 1. The Morgan fingerprint density at radius 3 is 2.55 bits per heavy atom. The maximum atomic E-state index is 12.5. The van der Waals surface area contributed by atoms with Crippen LogP contribution < -0.4 is 5.32 Å². The monoisotopic (exact) mass is 316 g/mol. The Bertz CT molecular complexity index is 531. The van der Waals surface area contributed by atoms with Crippen molar-refractivity contribution in [2.75, 3.05) is 13.2 Å². The second-order valence-corrected chi connectivity index (χ2v) is 5.76. The van der Waals surface area contributed by atoms with Gasteiger partial charge in [-0.3, -0.25) is 0 Å². The molecular formula is C15H19F3N2O2. The Balaban J connectivity index is 1.94. The molecule has 0 saturated carbocycles. The van der Waals surface area contributed by atoms with E-state index in [1.807, 2.05) is 6.92 Å². The molecule has 1 aliphatic heterocycles. The number of rotatable bonds is 3. The van der Waals surface area contributed by atoms with E-state index in [0.717, 1.165) is 25.0 Å². The Morgan fingerprint density at radius 2 is 2.00 bits per heavy atom. The number of benzene rings is 1. The minimum Gasteiger partial charge on any atom is -0.394 e. The van der Waals surface area contributed by atoms with E-state index < -0.39 is 17.3 Å². The molecule has 0 aliphatic carbocycles. The van der Waals surface area contributed by atoms with E-state index >= 15 is 0 Å². The van der Waals surface area contributed by atoms with Gasteiger partial charge in [0.05, 0.1) is 17.7 Å². The van der Waals surface area contributed by atoms with Crippen molar-refractivity contribution in [3.05, 3.63) is 35.4 Å². The second kappa shape index (κ2) is 6.16. The maximum Gasteiger partial charge on any atom is 0.416 e. The summed E-state index contributed by atoms with van der Waals surface area (Å²) in [7, 11) is 0. The van der Waals surface area contributed by atoms with Crippen molar-refractivity contribution in [3.63, 3.8) is 0 Å². The fourth-order valence-electron chi connectivity index (χ4n) is 2.62. The summed E-state index contributed by atoms with van der Waals surface area (Å²) in [6.45, 7) is 2.42. The van der Waals surface area contributed by atoms with Crippen molar-refractivity contribution >= 4 is 6.03 Å². The molecule has 4 nitrogen and oxygen atoms in total. The van der Waals surface area contributed by atoms with Gasteiger partial charge in [-0.2, -0.15) is 13.2 Å². The summed E-state index contributed by atoms with van der Waals surface area (Å²) in [5, 5.41) is 12.1. The summed E-state index contributed by atoms with van der Waals surface area (Å²) in [6, 6.07) is 4.37. The highest BCUT2D eigenvalue weighted by atomic mass is 19.4. The third kappa shape index (κ3) is 3.52. The lowest BCUT2D eigenvalue weighted by molar-refractivity contribution is -0.137. The number of carbonyl (C=O) groups is 1. The average Bonchev–Trinajstić information content (AvgIpc) is 2.87. The van der Waals surface area contributed by atoms with Crippen LogP contribution in [0.5, 0.6) is 0 Å². The molecule has 0 radical (unpaired) electrons. The second-order valence-electron chi connectivity index (χ2n) is 5.76. The number of hydrogen-bond acceptors (Lipinski definition) is 2. The Hall–Kier alpha value is -1.76. The number of amides is 2. The molecule has 1 saturated heterocycles. The minimum atomic E-state index is -4.36. The van der Waals surface area contributed by atoms with Gasteiger partial charge in [-0.25, -0.2) is 4.79 Å². The van der Waals surface area contributed by atoms with E-state index in [2.05, 4.69) is 5.32 Å². The molecule has 1 fully saturated rings. The van der Waals surface area contributed by atoms with Gasteiger partial charge in [-0.1, -0.05) is 12.1 Å². The predicted molar refractivity (Wildman–Crippen MR) is 75.1 cm³/mol. The third-order valence-electron chi connectivity index (χ3n) is 4.06. The van der Waals surface area contributed by atoms with Crippen molar-refractivity contribution in [1.29, 1.82) is 0 Å². The number of nitrogens with zero attached hydrogens (tertiary/aromatic N) is 1. The van der Waals surface area contributed by atoms with Gasteiger partial charge in [0.1, 0.15) is 0 Å². The molecule has 1 aliphatic rings. The first-order valence-corrected chi connectivity index (χ1v) is 7.09. The van der Waals surface area contributed by atoms with Crippen LogP contribution in [-0.4, -0.2) is 34.7 Å². The van der Waals surface area contributed by atoms with Crippen LogP contribution in [0.15, 0.2) is 24.3 Å². The number of nitrogens with one attached hydrogen (secondary N) is 1. The van der Waals surface area contributed by atoms with Crippen LogP contribution in [0.25, 0.3) is 0 Å². The first kappa shape index (κ1) is 16.6. The molecule has 1 aromatic rings. The van der Waals surface area contributed by atoms with Gasteiger partial charge in [-0.15, -0.1) is 0 Å². The number of alkyl halides is 3. The van der Waals surface area contributed by atoms with Crippen molar-refractivity contribution < 1.29 is 23.1 Å². The number of hydrogen-bond donors (Lipinski definition) is 2. The van der Waals surface area contributed by atoms with Crippen molar-refractivity contribution in [3.8, 4) is 0 Å². The summed E-state index contributed by atoms with van der Waals surface area (Å²) in [6.07, 6.45) is -2.80. The van der Waals surface area contributed by atoms with Gasteiger partial charge in [0, 0.05) is 13.1 Å². The standard InChI is InChI=1S/C15H19F3N2O2/c1-14(10-21)7-2-8-20(14)13(22)19-9-11-3-5-12(6-4-11)15(16,17)18/h3-6,21H,2,7-10H2,1H3,(H,19,22). The molecule has 0 aromatic heterocycles. The van der Waals surface area contributed by atoms with Crippen molar-refractivity contribution in [2.24, 2.45) is 0 Å². The molecule has 2 rings (SSSR count). The largest absolute Gasteiger partial charge is 0.416 e. The van der Waals surface area contributed by atoms with Crippen LogP contribution >= 0.6 is 0 Å². The van der Waals surface area contributed by atoms with Gasteiger partial charge >= 0.3 is 12.2 Å². The van der Waals surface area contributed by atoms with Crippen LogP contribution in [-0.2, 0) is 12.7 Å². The molecule has 7 heteroatoms. The quantitative estimate of drug-likeness (QED) is 0.901. The van der Waals surface area contributed by atoms with Crippen LogP contribution in [0.2, 0.25) is 0 Å². The molecular weight excluding hydrogens is 297 g/mol. The van der Waals surface area contributed by atoms with E-state index in [4.69, 9.17) is 0 Å². The topological polar surface area (TPSA) is 52.6 Å². The van der Waals surface area contributed by atoms with E-state index in [-0.39, 0.29) is 19.2 Å². The van der Waals surface area contributed by atoms with Gasteiger partial charge in [0.15, 0.2) is 0 Å². The lowest BCUT2D eigenvalue weighted by Crippen LogP contribution is -2.51. The summed E-state index contributed by atoms with van der Waals surface area (Å²) >= 11 is 0. The molecule has 2 amide bonds. The zero-order valence-corrected chi connectivity index (χ0v) is 12.3. The zero-order chi connectivity index (χ0) is 16.4. The lowest BCUT2D eigenvalue weighted by Gasteiger charge is -2.33. The molecule has 0 spiro atoms. The highest BCUT2D eigenvalue weighted by molar-refractivity contribution is 5.75. The van der Waals surface area contributed by atoms with Crippen LogP contribution in [0.4, 0.5) is 18.0 Å². The predicted octanol–water partition coefficient (Wildman–Crippen LogP) is 2.76. The number of urea groups is 1.